The van der Waals surface area contributed by atoms with Crippen LogP contribution in [0.5, 0.6) is 5.75 Å². The molecule has 0 aromatic heterocycles. The molecule has 0 spiro atoms. The Hall–Kier alpha value is -2.10. The highest BCUT2D eigenvalue weighted by atomic mass is 35.5. The normalized spacial score (nSPS) is 10.8. The van der Waals surface area contributed by atoms with Crippen LogP contribution in [0.1, 0.15) is 41.6 Å². The highest BCUT2D eigenvalue weighted by molar-refractivity contribution is 6.32. The molecule has 27 heavy (non-hydrogen) atoms. The van der Waals surface area contributed by atoms with Gasteiger partial charge in [0.2, 0.25) is 0 Å². The van der Waals surface area contributed by atoms with Crippen molar-refractivity contribution in [1.82, 2.24) is 4.90 Å². The zero-order valence-corrected chi connectivity index (χ0v) is 16.8. The van der Waals surface area contributed by atoms with Crippen LogP contribution >= 0.6 is 11.6 Å². The van der Waals surface area contributed by atoms with Crippen LogP contribution in [0.15, 0.2) is 61.2 Å². The molecule has 0 saturated heterocycles. The Morgan fingerprint density at radius 2 is 1.81 bits per heavy atom. The van der Waals surface area contributed by atoms with E-state index in [1.807, 2.05) is 24.3 Å². The molecular formula is C23H28ClNO2. The molecule has 2 aromatic carbocycles. The smallest absolute Gasteiger partial charge is 0.193 e. The molecule has 0 fully saturated rings. The number of hydrogen-bond donors (Lipinski definition) is 0. The monoisotopic (exact) mass is 385 g/mol. The van der Waals surface area contributed by atoms with Gasteiger partial charge in [0.25, 0.3) is 0 Å². The zero-order chi connectivity index (χ0) is 19.5. The summed E-state index contributed by atoms with van der Waals surface area (Å²) in [7, 11) is 2.11. The Labute approximate surface area is 167 Å². The van der Waals surface area contributed by atoms with Gasteiger partial charge in [-0.15, -0.1) is 6.58 Å². The van der Waals surface area contributed by atoms with Gasteiger partial charge in [0.1, 0.15) is 5.75 Å². The van der Waals surface area contributed by atoms with Crippen molar-refractivity contribution in [3.63, 3.8) is 0 Å². The van der Waals surface area contributed by atoms with Crippen molar-refractivity contribution < 1.29 is 9.53 Å². The number of unbranched alkanes of at least 4 members (excludes halogenated alkanes) is 3. The first-order chi connectivity index (χ1) is 13.1. The van der Waals surface area contributed by atoms with E-state index in [0.29, 0.717) is 28.5 Å². The van der Waals surface area contributed by atoms with E-state index in [1.165, 1.54) is 12.8 Å². The van der Waals surface area contributed by atoms with E-state index in [0.717, 1.165) is 25.9 Å². The molecule has 2 aromatic rings. The molecule has 0 unspecified atom stereocenters. The standard InChI is InChI=1S/C23H28ClNO2/c1-3-15-25(2)16-9-4-5-10-17-27-22-14-13-20(18-21(22)24)23(26)19-11-7-6-8-12-19/h3,6-8,11-14,18H,1,4-5,9-10,15-17H2,2H3. The number of benzene rings is 2. The average molecular weight is 386 g/mol. The first-order valence-electron chi connectivity index (χ1n) is 9.43. The summed E-state index contributed by atoms with van der Waals surface area (Å²) in [5.74, 6) is 0.595. The summed E-state index contributed by atoms with van der Waals surface area (Å²) in [6.07, 6.45) is 6.41. The SMILES string of the molecule is C=CCN(C)CCCCCCOc1ccc(C(=O)c2ccccc2)cc1Cl. The van der Waals surface area contributed by atoms with Crippen molar-refractivity contribution >= 4 is 17.4 Å². The number of carbonyl (C=O) groups is 1. The Kier molecular flexibility index (Phi) is 9.09. The van der Waals surface area contributed by atoms with Gasteiger partial charge in [-0.25, -0.2) is 0 Å². The van der Waals surface area contributed by atoms with E-state index in [9.17, 15) is 4.79 Å². The van der Waals surface area contributed by atoms with Gasteiger partial charge in [-0.1, -0.05) is 60.9 Å². The van der Waals surface area contributed by atoms with Gasteiger partial charge in [0.05, 0.1) is 11.6 Å². The van der Waals surface area contributed by atoms with Gasteiger partial charge in [-0.2, -0.15) is 0 Å². The van der Waals surface area contributed by atoms with Gasteiger partial charge in [0.15, 0.2) is 5.78 Å². The van der Waals surface area contributed by atoms with Crippen molar-refractivity contribution in [2.24, 2.45) is 0 Å². The Balaban J connectivity index is 1.73. The number of hydrogen-bond acceptors (Lipinski definition) is 3. The first kappa shape index (κ1) is 21.2. The van der Waals surface area contributed by atoms with Crippen LogP contribution in [0.25, 0.3) is 0 Å². The summed E-state index contributed by atoms with van der Waals surface area (Å²) in [4.78, 5) is 14.7. The van der Waals surface area contributed by atoms with E-state index in [1.54, 1.807) is 30.3 Å². The molecule has 0 saturated carbocycles. The summed E-state index contributed by atoms with van der Waals surface area (Å²) < 4.78 is 5.78. The lowest BCUT2D eigenvalue weighted by atomic mass is 10.0. The minimum absolute atomic E-state index is 0.0366. The van der Waals surface area contributed by atoms with Crippen LogP contribution in [0.2, 0.25) is 5.02 Å². The third kappa shape index (κ3) is 7.20. The fraction of sp³-hybridized carbons (Fsp3) is 0.348. The third-order valence-electron chi connectivity index (χ3n) is 4.36. The van der Waals surface area contributed by atoms with Gasteiger partial charge < -0.3 is 9.64 Å². The van der Waals surface area contributed by atoms with Crippen molar-refractivity contribution in [3.8, 4) is 5.75 Å². The lowest BCUT2D eigenvalue weighted by molar-refractivity contribution is 0.103. The van der Waals surface area contributed by atoms with Crippen molar-refractivity contribution in [1.29, 1.82) is 0 Å². The van der Waals surface area contributed by atoms with E-state index in [-0.39, 0.29) is 5.78 Å². The number of carbonyl (C=O) groups excluding carboxylic acids is 1. The van der Waals surface area contributed by atoms with Crippen LogP contribution in [-0.2, 0) is 0 Å². The molecule has 0 aliphatic heterocycles. The second kappa shape index (κ2) is 11.6. The minimum Gasteiger partial charge on any atom is -0.492 e. The molecule has 0 aliphatic carbocycles. The number of ether oxygens (including phenoxy) is 1. The third-order valence-corrected chi connectivity index (χ3v) is 4.66. The topological polar surface area (TPSA) is 29.5 Å². The van der Waals surface area contributed by atoms with Crippen LogP contribution in [0.4, 0.5) is 0 Å². The fourth-order valence-corrected chi connectivity index (χ4v) is 3.08. The first-order valence-corrected chi connectivity index (χ1v) is 9.81. The predicted octanol–water partition coefficient (Wildman–Crippen LogP) is 5.63. The number of ketones is 1. The van der Waals surface area contributed by atoms with Crippen molar-refractivity contribution in [2.45, 2.75) is 25.7 Å². The molecule has 4 heteroatoms. The fourth-order valence-electron chi connectivity index (χ4n) is 2.85. The Morgan fingerprint density at radius 3 is 2.52 bits per heavy atom. The lowest BCUT2D eigenvalue weighted by Crippen LogP contribution is -2.19. The van der Waals surface area contributed by atoms with Crippen LogP contribution in [-0.4, -0.2) is 37.4 Å². The maximum atomic E-state index is 12.5. The number of rotatable bonds is 12. The van der Waals surface area contributed by atoms with E-state index in [4.69, 9.17) is 16.3 Å². The van der Waals surface area contributed by atoms with E-state index < -0.39 is 0 Å². The Bertz CT molecular complexity index is 730. The zero-order valence-electron chi connectivity index (χ0n) is 16.0. The van der Waals surface area contributed by atoms with Gasteiger partial charge in [0, 0.05) is 17.7 Å². The predicted molar refractivity (Wildman–Crippen MR) is 113 cm³/mol. The summed E-state index contributed by atoms with van der Waals surface area (Å²) in [6, 6.07) is 14.4. The molecule has 0 bridgehead atoms. The molecule has 0 N–H and O–H groups in total. The maximum Gasteiger partial charge on any atom is 0.193 e. The molecule has 2 rings (SSSR count). The highest BCUT2D eigenvalue weighted by Gasteiger charge is 2.11. The van der Waals surface area contributed by atoms with Gasteiger partial charge in [-0.3, -0.25) is 4.79 Å². The molecular weight excluding hydrogens is 358 g/mol. The average Bonchev–Trinajstić information content (AvgIpc) is 2.68. The molecule has 0 amide bonds. The molecule has 3 nitrogen and oxygen atoms in total. The van der Waals surface area contributed by atoms with Crippen LogP contribution in [0.3, 0.4) is 0 Å². The maximum absolute atomic E-state index is 12.5. The molecule has 144 valence electrons. The summed E-state index contributed by atoms with van der Waals surface area (Å²) in [5.41, 5.74) is 1.23. The lowest BCUT2D eigenvalue weighted by Gasteiger charge is -2.13. The molecule has 0 atom stereocenters. The van der Waals surface area contributed by atoms with Crippen molar-refractivity contribution in [3.05, 3.63) is 77.3 Å². The van der Waals surface area contributed by atoms with Crippen molar-refractivity contribution in [2.75, 3.05) is 26.7 Å². The minimum atomic E-state index is -0.0366. The van der Waals surface area contributed by atoms with Crippen LogP contribution < -0.4 is 4.74 Å². The second-order valence-electron chi connectivity index (χ2n) is 6.65. The van der Waals surface area contributed by atoms with E-state index >= 15 is 0 Å². The summed E-state index contributed by atoms with van der Waals surface area (Å²) in [6.45, 7) is 6.41. The number of nitrogens with zero attached hydrogens (tertiary/aromatic N) is 1. The Morgan fingerprint density at radius 1 is 1.07 bits per heavy atom. The molecule has 0 aliphatic rings. The quantitative estimate of drug-likeness (QED) is 0.269. The van der Waals surface area contributed by atoms with Crippen LogP contribution in [0, 0.1) is 0 Å². The largest absolute Gasteiger partial charge is 0.492 e. The summed E-state index contributed by atoms with van der Waals surface area (Å²) in [5, 5.41) is 0.475. The number of likely N-dealkylation sites (N-methyl/N-ethyl adjacent to an activating group) is 1. The highest BCUT2D eigenvalue weighted by Crippen LogP contribution is 2.26. The van der Waals surface area contributed by atoms with Gasteiger partial charge in [-0.05, 0) is 44.6 Å². The van der Waals surface area contributed by atoms with E-state index in [2.05, 4.69) is 18.5 Å². The van der Waals surface area contributed by atoms with Gasteiger partial charge >= 0.3 is 0 Å². The molecule has 0 heterocycles. The summed E-state index contributed by atoms with van der Waals surface area (Å²) >= 11 is 6.30. The molecule has 0 radical (unpaired) electrons. The second-order valence-corrected chi connectivity index (χ2v) is 7.06. The number of halogens is 1.